The van der Waals surface area contributed by atoms with Gasteiger partial charge in [0.1, 0.15) is 5.82 Å². The molecule has 0 fully saturated rings. The molecule has 0 saturated heterocycles. The van der Waals surface area contributed by atoms with Gasteiger partial charge in [0.15, 0.2) is 0 Å². The molecule has 0 saturated carbocycles. The zero-order chi connectivity index (χ0) is 17.6. The molecule has 0 spiro atoms. The molecule has 25 heavy (non-hydrogen) atoms. The highest BCUT2D eigenvalue weighted by Gasteiger charge is 2.13. The van der Waals surface area contributed by atoms with Crippen molar-refractivity contribution in [2.45, 2.75) is 10.6 Å². The normalized spacial score (nSPS) is 10.5. The van der Waals surface area contributed by atoms with Crippen molar-refractivity contribution < 1.29 is 9.18 Å². The molecule has 2 nitrogen and oxygen atoms in total. The Hall–Kier alpha value is -2.30. The van der Waals surface area contributed by atoms with Crippen LogP contribution in [0.1, 0.15) is 15.9 Å². The van der Waals surface area contributed by atoms with Crippen molar-refractivity contribution in [3.63, 3.8) is 0 Å². The Bertz CT molecular complexity index is 883. The van der Waals surface area contributed by atoms with Gasteiger partial charge >= 0.3 is 0 Å². The van der Waals surface area contributed by atoms with E-state index in [9.17, 15) is 9.18 Å². The van der Waals surface area contributed by atoms with Gasteiger partial charge < -0.3 is 5.32 Å². The summed E-state index contributed by atoms with van der Waals surface area (Å²) < 4.78 is 13.8. The third-order valence-corrected chi connectivity index (χ3v) is 4.96. The fourth-order valence-corrected chi connectivity index (χ4v) is 3.36. The summed E-state index contributed by atoms with van der Waals surface area (Å²) in [5.74, 6) is -0.257. The Kier molecular flexibility index (Phi) is 5.74. The van der Waals surface area contributed by atoms with Crippen LogP contribution < -0.4 is 5.32 Å². The first kappa shape index (κ1) is 17.5. The van der Waals surface area contributed by atoms with E-state index in [1.54, 1.807) is 23.9 Å². The van der Waals surface area contributed by atoms with Crippen LogP contribution in [0.5, 0.6) is 0 Å². The molecule has 0 atom stereocenters. The van der Waals surface area contributed by atoms with Crippen LogP contribution in [0.25, 0.3) is 0 Å². The third-order valence-electron chi connectivity index (χ3n) is 3.56. The number of para-hydroxylation sites is 1. The predicted molar refractivity (Wildman–Crippen MR) is 102 cm³/mol. The summed E-state index contributed by atoms with van der Waals surface area (Å²) in [6.45, 7) is 0. The van der Waals surface area contributed by atoms with Crippen LogP contribution in [-0.2, 0) is 5.75 Å². The lowest BCUT2D eigenvalue weighted by Gasteiger charge is -2.11. The van der Waals surface area contributed by atoms with Gasteiger partial charge in [-0.3, -0.25) is 4.79 Å². The highest BCUT2D eigenvalue weighted by atomic mass is 35.5. The van der Waals surface area contributed by atoms with E-state index < -0.39 is 11.7 Å². The topological polar surface area (TPSA) is 29.1 Å². The summed E-state index contributed by atoms with van der Waals surface area (Å²) in [6.07, 6.45) is 0. The van der Waals surface area contributed by atoms with E-state index in [-0.39, 0.29) is 5.56 Å². The Labute approximate surface area is 155 Å². The summed E-state index contributed by atoms with van der Waals surface area (Å²) in [5.41, 5.74) is 1.82. The maximum Gasteiger partial charge on any atom is 0.258 e. The second-order valence-corrected chi connectivity index (χ2v) is 6.80. The van der Waals surface area contributed by atoms with E-state index in [4.69, 9.17) is 11.6 Å². The molecular weight excluding hydrogens is 357 g/mol. The lowest BCUT2D eigenvalue weighted by molar-refractivity contribution is 0.102. The molecule has 0 radical (unpaired) electrons. The van der Waals surface area contributed by atoms with E-state index in [1.165, 1.54) is 12.1 Å². The van der Waals surface area contributed by atoms with Gasteiger partial charge in [-0.1, -0.05) is 48.0 Å². The van der Waals surface area contributed by atoms with Crippen LogP contribution >= 0.6 is 23.4 Å². The number of benzene rings is 3. The van der Waals surface area contributed by atoms with Gasteiger partial charge in [-0.2, -0.15) is 0 Å². The molecule has 3 aromatic carbocycles. The molecule has 3 rings (SSSR count). The molecule has 1 amide bonds. The Balaban J connectivity index is 1.73. The quantitative estimate of drug-likeness (QED) is 0.555. The molecule has 3 aromatic rings. The average Bonchev–Trinajstić information content (AvgIpc) is 2.62. The number of hydrogen-bond donors (Lipinski definition) is 1. The number of carbonyl (C=O) groups excluding carboxylic acids is 1. The van der Waals surface area contributed by atoms with Crippen molar-refractivity contribution in [1.29, 1.82) is 0 Å². The number of rotatable bonds is 5. The molecule has 0 bridgehead atoms. The van der Waals surface area contributed by atoms with E-state index in [2.05, 4.69) is 5.32 Å². The SMILES string of the molecule is O=C(Nc1ccccc1SCc1ccc(Cl)cc1)c1ccccc1F. The minimum atomic E-state index is -0.536. The van der Waals surface area contributed by atoms with Crippen LogP contribution in [-0.4, -0.2) is 5.91 Å². The average molecular weight is 372 g/mol. The van der Waals surface area contributed by atoms with Gasteiger partial charge in [0, 0.05) is 15.7 Å². The standard InChI is InChI=1S/C20H15ClFNOS/c21-15-11-9-14(10-12-15)13-25-19-8-4-3-7-18(19)23-20(24)16-5-1-2-6-17(16)22/h1-12H,13H2,(H,23,24). The summed E-state index contributed by atoms with van der Waals surface area (Å²) in [5, 5.41) is 3.49. The molecule has 0 heterocycles. The summed E-state index contributed by atoms with van der Waals surface area (Å²) in [6, 6.07) is 21.1. The van der Waals surface area contributed by atoms with Crippen LogP contribution in [0, 0.1) is 5.82 Å². The minimum Gasteiger partial charge on any atom is -0.321 e. The smallest absolute Gasteiger partial charge is 0.258 e. The maximum absolute atomic E-state index is 13.8. The fourth-order valence-electron chi connectivity index (χ4n) is 2.27. The molecular formula is C20H15ClFNOS. The fraction of sp³-hybridized carbons (Fsp3) is 0.0500. The number of carbonyl (C=O) groups is 1. The van der Waals surface area contributed by atoms with Gasteiger partial charge in [-0.05, 0) is 42.0 Å². The first-order chi connectivity index (χ1) is 12.1. The molecule has 5 heteroatoms. The second-order valence-electron chi connectivity index (χ2n) is 5.35. The van der Waals surface area contributed by atoms with Crippen LogP contribution in [0.2, 0.25) is 5.02 Å². The zero-order valence-corrected chi connectivity index (χ0v) is 14.8. The first-order valence-corrected chi connectivity index (χ1v) is 9.02. The Morgan fingerprint density at radius 1 is 0.960 bits per heavy atom. The first-order valence-electron chi connectivity index (χ1n) is 7.65. The molecule has 126 valence electrons. The van der Waals surface area contributed by atoms with Gasteiger partial charge in [0.2, 0.25) is 0 Å². The van der Waals surface area contributed by atoms with E-state index >= 15 is 0 Å². The number of nitrogens with one attached hydrogen (secondary N) is 1. The van der Waals surface area contributed by atoms with Crippen LogP contribution in [0.3, 0.4) is 0 Å². The van der Waals surface area contributed by atoms with Gasteiger partial charge in [0.05, 0.1) is 11.3 Å². The second kappa shape index (κ2) is 8.19. The van der Waals surface area contributed by atoms with Crippen LogP contribution in [0.15, 0.2) is 77.7 Å². The number of amides is 1. The predicted octanol–water partition coefficient (Wildman–Crippen LogP) is 6.02. The monoisotopic (exact) mass is 371 g/mol. The number of anilines is 1. The summed E-state index contributed by atoms with van der Waals surface area (Å²) >= 11 is 7.49. The third kappa shape index (κ3) is 4.62. The highest BCUT2D eigenvalue weighted by molar-refractivity contribution is 7.98. The van der Waals surface area contributed by atoms with Crippen molar-refractivity contribution in [3.05, 3.63) is 94.8 Å². The van der Waals surface area contributed by atoms with E-state index in [1.807, 2.05) is 48.5 Å². The molecule has 0 aliphatic carbocycles. The van der Waals surface area contributed by atoms with Gasteiger partial charge in [-0.25, -0.2) is 4.39 Å². The Morgan fingerprint density at radius 3 is 2.40 bits per heavy atom. The largest absolute Gasteiger partial charge is 0.321 e. The van der Waals surface area contributed by atoms with Crippen molar-refractivity contribution in [2.75, 3.05) is 5.32 Å². The van der Waals surface area contributed by atoms with Gasteiger partial charge in [0.25, 0.3) is 5.91 Å². The summed E-state index contributed by atoms with van der Waals surface area (Å²) in [4.78, 5) is 13.2. The molecule has 0 aliphatic rings. The van der Waals surface area contributed by atoms with Gasteiger partial charge in [-0.15, -0.1) is 11.8 Å². The molecule has 0 aliphatic heterocycles. The molecule has 0 aromatic heterocycles. The van der Waals surface area contributed by atoms with E-state index in [0.717, 1.165) is 16.2 Å². The van der Waals surface area contributed by atoms with Crippen molar-refractivity contribution >= 4 is 35.0 Å². The van der Waals surface area contributed by atoms with Crippen LogP contribution in [0.4, 0.5) is 10.1 Å². The minimum absolute atomic E-state index is 0.0278. The lowest BCUT2D eigenvalue weighted by Crippen LogP contribution is -2.14. The zero-order valence-electron chi connectivity index (χ0n) is 13.2. The lowest BCUT2D eigenvalue weighted by atomic mass is 10.2. The number of halogens is 2. The molecule has 0 unspecified atom stereocenters. The summed E-state index contributed by atoms with van der Waals surface area (Å²) in [7, 11) is 0. The Morgan fingerprint density at radius 2 is 1.64 bits per heavy atom. The van der Waals surface area contributed by atoms with Crippen molar-refractivity contribution in [1.82, 2.24) is 0 Å². The number of thioether (sulfide) groups is 1. The maximum atomic E-state index is 13.8. The molecule has 1 N–H and O–H groups in total. The van der Waals surface area contributed by atoms with Crippen molar-refractivity contribution in [3.8, 4) is 0 Å². The number of hydrogen-bond acceptors (Lipinski definition) is 2. The highest BCUT2D eigenvalue weighted by Crippen LogP contribution is 2.30. The van der Waals surface area contributed by atoms with Crippen molar-refractivity contribution in [2.24, 2.45) is 0 Å². The van der Waals surface area contributed by atoms with E-state index in [0.29, 0.717) is 10.7 Å².